The standard InChI is InChI=1S/C15H13F2N5O2/c1-22-6-9(14(18)24)13(23)7-4-10(16)8(11(17)12(7)22)5-21-15-19-2-3-20-15/h2-4,6H,5H2,1H3,(H2,18,24)(H2,19,20,21). The number of carbonyl (C=O) groups excluding carboxylic acids is 1. The zero-order chi connectivity index (χ0) is 17.4. The van der Waals surface area contributed by atoms with Gasteiger partial charge in [-0.25, -0.2) is 13.8 Å². The fourth-order valence-corrected chi connectivity index (χ4v) is 2.50. The Kier molecular flexibility index (Phi) is 3.76. The average molecular weight is 333 g/mol. The lowest BCUT2D eigenvalue weighted by Gasteiger charge is -2.13. The molecule has 0 fully saturated rings. The number of aryl methyl sites for hydroxylation is 1. The van der Waals surface area contributed by atoms with Crippen molar-refractivity contribution in [2.75, 3.05) is 5.32 Å². The van der Waals surface area contributed by atoms with Crippen LogP contribution in [0.1, 0.15) is 15.9 Å². The number of carbonyl (C=O) groups is 1. The predicted molar refractivity (Wildman–Crippen MR) is 83.5 cm³/mol. The highest BCUT2D eigenvalue weighted by atomic mass is 19.1. The van der Waals surface area contributed by atoms with E-state index >= 15 is 0 Å². The van der Waals surface area contributed by atoms with Gasteiger partial charge < -0.3 is 20.6 Å². The average Bonchev–Trinajstić information content (AvgIpc) is 3.03. The molecule has 0 aliphatic rings. The van der Waals surface area contributed by atoms with E-state index in [1.165, 1.54) is 17.8 Å². The van der Waals surface area contributed by atoms with Gasteiger partial charge in [-0.3, -0.25) is 9.59 Å². The van der Waals surface area contributed by atoms with Crippen molar-refractivity contribution >= 4 is 22.8 Å². The van der Waals surface area contributed by atoms with E-state index in [-0.39, 0.29) is 28.6 Å². The summed E-state index contributed by atoms with van der Waals surface area (Å²) in [6.45, 7) is -0.174. The fraction of sp³-hybridized carbons (Fsp3) is 0.133. The van der Waals surface area contributed by atoms with Gasteiger partial charge >= 0.3 is 0 Å². The molecule has 0 saturated carbocycles. The lowest BCUT2D eigenvalue weighted by atomic mass is 10.1. The third-order valence-electron chi connectivity index (χ3n) is 3.65. The first-order valence-electron chi connectivity index (χ1n) is 6.93. The van der Waals surface area contributed by atoms with Crippen molar-refractivity contribution < 1.29 is 13.6 Å². The number of anilines is 1. The maximum atomic E-state index is 14.7. The molecule has 0 saturated heterocycles. The van der Waals surface area contributed by atoms with E-state index in [0.717, 1.165) is 12.3 Å². The van der Waals surface area contributed by atoms with Crippen LogP contribution in [0.5, 0.6) is 0 Å². The predicted octanol–water partition coefficient (Wildman–Crippen LogP) is 1.25. The number of fused-ring (bicyclic) bond motifs is 1. The zero-order valence-electron chi connectivity index (χ0n) is 12.6. The highest BCUT2D eigenvalue weighted by Crippen LogP contribution is 2.23. The van der Waals surface area contributed by atoms with Gasteiger partial charge in [-0.2, -0.15) is 0 Å². The molecule has 0 bridgehead atoms. The van der Waals surface area contributed by atoms with Crippen LogP contribution in [0, 0.1) is 11.6 Å². The first-order valence-corrected chi connectivity index (χ1v) is 6.93. The molecule has 1 aromatic carbocycles. The van der Waals surface area contributed by atoms with Crippen LogP contribution in [0.25, 0.3) is 10.9 Å². The monoisotopic (exact) mass is 333 g/mol. The van der Waals surface area contributed by atoms with Gasteiger partial charge in [-0.15, -0.1) is 0 Å². The van der Waals surface area contributed by atoms with Crippen LogP contribution in [-0.4, -0.2) is 20.4 Å². The normalized spacial score (nSPS) is 11.0. The van der Waals surface area contributed by atoms with Gasteiger partial charge in [0, 0.05) is 37.7 Å². The minimum Gasteiger partial charge on any atom is -0.365 e. The first-order chi connectivity index (χ1) is 11.4. The van der Waals surface area contributed by atoms with Crippen LogP contribution in [0.15, 0.2) is 29.5 Å². The lowest BCUT2D eigenvalue weighted by Crippen LogP contribution is -2.24. The SMILES string of the molecule is Cn1cc(C(N)=O)c(=O)c2cc(F)c(CNc3ncc[nH]3)c(F)c21. The van der Waals surface area contributed by atoms with Crippen molar-refractivity contribution in [2.24, 2.45) is 12.8 Å². The largest absolute Gasteiger partial charge is 0.365 e. The number of primary amides is 1. The Labute approximate surface area is 134 Å². The molecule has 3 rings (SSSR count). The number of hydrogen-bond donors (Lipinski definition) is 3. The fourth-order valence-electron chi connectivity index (χ4n) is 2.50. The number of pyridine rings is 1. The van der Waals surface area contributed by atoms with Crippen LogP contribution >= 0.6 is 0 Å². The van der Waals surface area contributed by atoms with E-state index in [1.807, 2.05) is 0 Å². The number of amides is 1. The van der Waals surface area contributed by atoms with E-state index in [2.05, 4.69) is 15.3 Å². The molecule has 0 aliphatic carbocycles. The van der Waals surface area contributed by atoms with E-state index in [9.17, 15) is 18.4 Å². The molecule has 4 N–H and O–H groups in total. The van der Waals surface area contributed by atoms with Crippen LogP contribution in [0.4, 0.5) is 14.7 Å². The molecule has 0 spiro atoms. The Morgan fingerprint density at radius 1 is 1.46 bits per heavy atom. The Morgan fingerprint density at radius 2 is 2.21 bits per heavy atom. The van der Waals surface area contributed by atoms with E-state index in [0.29, 0.717) is 5.95 Å². The summed E-state index contributed by atoms with van der Waals surface area (Å²) in [4.78, 5) is 30.1. The van der Waals surface area contributed by atoms with Crippen molar-refractivity contribution in [1.29, 1.82) is 0 Å². The molecule has 0 atom stereocenters. The Hall–Kier alpha value is -3.23. The number of halogens is 2. The maximum absolute atomic E-state index is 14.7. The summed E-state index contributed by atoms with van der Waals surface area (Å²) in [7, 11) is 1.44. The lowest BCUT2D eigenvalue weighted by molar-refractivity contribution is 0.0999. The molecule has 0 aliphatic heterocycles. The summed E-state index contributed by atoms with van der Waals surface area (Å²) in [5, 5.41) is 2.50. The summed E-state index contributed by atoms with van der Waals surface area (Å²) in [6, 6.07) is 0.909. The van der Waals surface area contributed by atoms with Gasteiger partial charge in [-0.05, 0) is 6.07 Å². The van der Waals surface area contributed by atoms with E-state index in [1.54, 1.807) is 6.20 Å². The van der Waals surface area contributed by atoms with Crippen LogP contribution < -0.4 is 16.5 Å². The number of aromatic nitrogens is 3. The van der Waals surface area contributed by atoms with Gasteiger partial charge in [0.2, 0.25) is 5.43 Å². The Balaban J connectivity index is 2.16. The molecular weight excluding hydrogens is 320 g/mol. The number of nitrogens with zero attached hydrogens (tertiary/aromatic N) is 2. The van der Waals surface area contributed by atoms with Crippen molar-refractivity contribution in [1.82, 2.24) is 14.5 Å². The summed E-state index contributed by atoms with van der Waals surface area (Å²) in [5.74, 6) is -2.40. The number of benzene rings is 1. The molecule has 0 unspecified atom stereocenters. The minimum absolute atomic E-state index is 0.109. The number of aromatic amines is 1. The Bertz CT molecular complexity index is 996. The summed E-state index contributed by atoms with van der Waals surface area (Å²) >= 11 is 0. The molecule has 0 radical (unpaired) electrons. The van der Waals surface area contributed by atoms with Gasteiger partial charge in [0.05, 0.1) is 10.9 Å². The topological polar surface area (TPSA) is 106 Å². The van der Waals surface area contributed by atoms with Crippen molar-refractivity contribution in [3.63, 3.8) is 0 Å². The molecule has 2 heterocycles. The number of imidazole rings is 1. The number of nitrogens with two attached hydrogens (primary N) is 1. The molecule has 9 heteroatoms. The number of nitrogens with one attached hydrogen (secondary N) is 2. The highest BCUT2D eigenvalue weighted by molar-refractivity contribution is 5.96. The molecule has 1 amide bonds. The van der Waals surface area contributed by atoms with Crippen molar-refractivity contribution in [3.8, 4) is 0 Å². The second-order valence-electron chi connectivity index (χ2n) is 5.19. The molecule has 7 nitrogen and oxygen atoms in total. The van der Waals surface area contributed by atoms with E-state index < -0.39 is 23.0 Å². The molecule has 3 aromatic rings. The molecule has 24 heavy (non-hydrogen) atoms. The third kappa shape index (κ3) is 2.49. The summed E-state index contributed by atoms with van der Waals surface area (Å²) in [6.07, 6.45) is 4.19. The second-order valence-corrected chi connectivity index (χ2v) is 5.19. The van der Waals surface area contributed by atoms with Gasteiger partial charge in [0.25, 0.3) is 5.91 Å². The smallest absolute Gasteiger partial charge is 0.254 e. The van der Waals surface area contributed by atoms with Gasteiger partial charge in [0.1, 0.15) is 11.4 Å². The minimum atomic E-state index is -0.957. The zero-order valence-corrected chi connectivity index (χ0v) is 12.6. The summed E-state index contributed by atoms with van der Waals surface area (Å²) in [5.41, 5.74) is 3.63. The van der Waals surface area contributed by atoms with Crippen LogP contribution in [0.3, 0.4) is 0 Å². The number of rotatable bonds is 4. The van der Waals surface area contributed by atoms with Crippen LogP contribution in [-0.2, 0) is 13.6 Å². The second kappa shape index (κ2) is 5.76. The summed E-state index contributed by atoms with van der Waals surface area (Å²) < 4.78 is 30.3. The molecular formula is C15H13F2N5O2. The van der Waals surface area contributed by atoms with Crippen molar-refractivity contribution in [3.05, 3.63) is 57.6 Å². The van der Waals surface area contributed by atoms with Crippen LogP contribution in [0.2, 0.25) is 0 Å². The third-order valence-corrected chi connectivity index (χ3v) is 3.65. The highest BCUT2D eigenvalue weighted by Gasteiger charge is 2.20. The van der Waals surface area contributed by atoms with Gasteiger partial charge in [0.15, 0.2) is 11.8 Å². The molecule has 2 aromatic heterocycles. The van der Waals surface area contributed by atoms with Crippen molar-refractivity contribution in [2.45, 2.75) is 6.54 Å². The van der Waals surface area contributed by atoms with E-state index in [4.69, 9.17) is 5.73 Å². The number of hydrogen-bond acceptors (Lipinski definition) is 4. The quantitative estimate of drug-likeness (QED) is 0.668. The first kappa shape index (κ1) is 15.7. The van der Waals surface area contributed by atoms with Gasteiger partial charge in [-0.1, -0.05) is 0 Å². The maximum Gasteiger partial charge on any atom is 0.254 e. The molecule has 124 valence electrons. The Morgan fingerprint density at radius 3 is 2.83 bits per heavy atom. The number of H-pyrrole nitrogens is 1.